The number of furan rings is 1. The lowest BCUT2D eigenvalue weighted by Gasteiger charge is -2.22. The summed E-state index contributed by atoms with van der Waals surface area (Å²) in [6.45, 7) is -0.442. The summed E-state index contributed by atoms with van der Waals surface area (Å²) in [5, 5.41) is 4.78. The van der Waals surface area contributed by atoms with Crippen molar-refractivity contribution in [1.29, 1.82) is 0 Å². The van der Waals surface area contributed by atoms with Gasteiger partial charge in [0.15, 0.2) is 0 Å². The second kappa shape index (κ2) is 9.86. The third kappa shape index (κ3) is 6.10. The van der Waals surface area contributed by atoms with Gasteiger partial charge in [0, 0.05) is 15.1 Å². The highest BCUT2D eigenvalue weighted by Gasteiger charge is 2.22. The van der Waals surface area contributed by atoms with Crippen LogP contribution >= 0.6 is 39.1 Å². The molecule has 0 saturated heterocycles. The number of hydrogen-bond donors (Lipinski definition) is 1. The van der Waals surface area contributed by atoms with Crippen LogP contribution in [0.15, 0.2) is 68.6 Å². The van der Waals surface area contributed by atoms with Crippen molar-refractivity contribution in [2.24, 2.45) is 5.10 Å². The Bertz CT molecular complexity index is 1240. The standard InChI is InChI=1S/C20H16BrCl2N3O4S/c1-31(28,29)26(18-5-3-2-4-16(18)21)12-20(27)25-24-11-14-7-9-19(30-14)15-8-6-13(22)10-17(15)23/h2-11H,12H2,1H3,(H,25,27). The Morgan fingerprint density at radius 2 is 1.94 bits per heavy atom. The van der Waals surface area contributed by atoms with Gasteiger partial charge in [0.05, 0.1) is 23.2 Å². The van der Waals surface area contributed by atoms with Gasteiger partial charge in [-0.05, 0) is 58.4 Å². The van der Waals surface area contributed by atoms with E-state index in [4.69, 9.17) is 27.6 Å². The Morgan fingerprint density at radius 3 is 2.61 bits per heavy atom. The minimum Gasteiger partial charge on any atom is -0.455 e. The summed E-state index contributed by atoms with van der Waals surface area (Å²) in [5.74, 6) is 0.253. The first-order chi connectivity index (χ1) is 14.6. The number of rotatable bonds is 7. The molecule has 0 bridgehead atoms. The summed E-state index contributed by atoms with van der Waals surface area (Å²) in [6, 6.07) is 15.1. The smallest absolute Gasteiger partial charge is 0.260 e. The van der Waals surface area contributed by atoms with Gasteiger partial charge in [-0.3, -0.25) is 9.10 Å². The zero-order chi connectivity index (χ0) is 22.6. The zero-order valence-electron chi connectivity index (χ0n) is 16.1. The zero-order valence-corrected chi connectivity index (χ0v) is 20.0. The lowest BCUT2D eigenvalue weighted by molar-refractivity contribution is -0.119. The maximum Gasteiger partial charge on any atom is 0.260 e. The van der Waals surface area contributed by atoms with Crippen LogP contribution in [-0.2, 0) is 14.8 Å². The summed E-state index contributed by atoms with van der Waals surface area (Å²) in [6.07, 6.45) is 2.32. The molecule has 0 saturated carbocycles. The molecular weight excluding hydrogens is 529 g/mol. The highest BCUT2D eigenvalue weighted by Crippen LogP contribution is 2.31. The number of halogens is 3. The van der Waals surface area contributed by atoms with Crippen LogP contribution in [0.3, 0.4) is 0 Å². The van der Waals surface area contributed by atoms with Crippen LogP contribution in [0.4, 0.5) is 5.69 Å². The Morgan fingerprint density at radius 1 is 1.19 bits per heavy atom. The first-order valence-corrected chi connectivity index (χ1v) is 12.1. The minimum atomic E-state index is -3.70. The molecule has 0 aliphatic heterocycles. The topological polar surface area (TPSA) is 92.0 Å². The van der Waals surface area contributed by atoms with Crippen molar-refractivity contribution in [1.82, 2.24) is 5.43 Å². The molecule has 0 fully saturated rings. The lowest BCUT2D eigenvalue weighted by atomic mass is 10.2. The average molecular weight is 545 g/mol. The Kier molecular flexibility index (Phi) is 7.42. The van der Waals surface area contributed by atoms with E-state index in [-0.39, 0.29) is 0 Å². The lowest BCUT2D eigenvalue weighted by Crippen LogP contribution is -2.39. The second-order valence-electron chi connectivity index (χ2n) is 6.34. The number of carbonyl (C=O) groups is 1. The van der Waals surface area contributed by atoms with Gasteiger partial charge in [-0.25, -0.2) is 13.8 Å². The van der Waals surface area contributed by atoms with E-state index in [1.165, 1.54) is 6.21 Å². The Hall–Kier alpha value is -2.33. The van der Waals surface area contributed by atoms with Gasteiger partial charge in [0.2, 0.25) is 10.0 Å². The van der Waals surface area contributed by atoms with Gasteiger partial charge in [0.25, 0.3) is 5.91 Å². The SMILES string of the molecule is CS(=O)(=O)N(CC(=O)NN=Cc1ccc(-c2ccc(Cl)cc2Cl)o1)c1ccccc1Br. The second-order valence-corrected chi connectivity index (χ2v) is 9.95. The number of hydrazone groups is 1. The molecule has 11 heteroatoms. The number of sulfonamides is 1. The van der Waals surface area contributed by atoms with E-state index in [0.717, 1.165) is 10.6 Å². The van der Waals surface area contributed by atoms with Gasteiger partial charge < -0.3 is 4.42 Å². The molecule has 0 unspecified atom stereocenters. The molecule has 0 aliphatic carbocycles. The van der Waals surface area contributed by atoms with Crippen molar-refractivity contribution >= 4 is 67.0 Å². The maximum atomic E-state index is 12.3. The van der Waals surface area contributed by atoms with Crippen LogP contribution in [-0.4, -0.2) is 33.3 Å². The van der Waals surface area contributed by atoms with Crippen LogP contribution in [0.5, 0.6) is 0 Å². The summed E-state index contributed by atoms with van der Waals surface area (Å²) >= 11 is 15.4. The molecule has 2 aromatic carbocycles. The molecular formula is C20H16BrCl2N3O4S. The van der Waals surface area contributed by atoms with E-state index in [1.54, 1.807) is 54.6 Å². The van der Waals surface area contributed by atoms with E-state index in [9.17, 15) is 13.2 Å². The number of amides is 1. The van der Waals surface area contributed by atoms with Crippen molar-refractivity contribution in [2.45, 2.75) is 0 Å². The number of hydrogen-bond acceptors (Lipinski definition) is 5. The quantitative estimate of drug-likeness (QED) is 0.337. The molecule has 162 valence electrons. The number of carbonyl (C=O) groups excluding carboxylic acids is 1. The number of anilines is 1. The van der Waals surface area contributed by atoms with E-state index >= 15 is 0 Å². The summed E-state index contributed by atoms with van der Waals surface area (Å²) in [5.41, 5.74) is 3.30. The Labute approximate surface area is 197 Å². The molecule has 7 nitrogen and oxygen atoms in total. The van der Waals surface area contributed by atoms with Gasteiger partial charge in [0.1, 0.15) is 18.1 Å². The van der Waals surface area contributed by atoms with Gasteiger partial charge in [-0.1, -0.05) is 35.3 Å². The molecule has 0 aliphatic rings. The molecule has 31 heavy (non-hydrogen) atoms. The predicted octanol–water partition coefficient (Wildman–Crippen LogP) is 4.93. The number of benzene rings is 2. The van der Waals surface area contributed by atoms with Crippen molar-refractivity contribution in [3.8, 4) is 11.3 Å². The van der Waals surface area contributed by atoms with Crippen LogP contribution in [0.25, 0.3) is 11.3 Å². The molecule has 1 amide bonds. The van der Waals surface area contributed by atoms with Gasteiger partial charge in [-0.15, -0.1) is 0 Å². The first kappa shape index (κ1) is 23.3. The van der Waals surface area contributed by atoms with Crippen LogP contribution < -0.4 is 9.73 Å². The molecule has 1 aromatic heterocycles. The predicted molar refractivity (Wildman–Crippen MR) is 126 cm³/mol. The molecule has 3 rings (SSSR count). The van der Waals surface area contributed by atoms with Crippen molar-refractivity contribution in [3.05, 3.63) is 74.9 Å². The summed E-state index contributed by atoms with van der Waals surface area (Å²) in [7, 11) is -3.70. The van der Waals surface area contributed by atoms with E-state index in [0.29, 0.717) is 37.3 Å². The molecule has 0 radical (unpaired) electrons. The van der Waals surface area contributed by atoms with E-state index < -0.39 is 22.5 Å². The minimum absolute atomic E-state index is 0.347. The van der Waals surface area contributed by atoms with Crippen LogP contribution in [0, 0.1) is 0 Å². The fourth-order valence-electron chi connectivity index (χ4n) is 2.63. The molecule has 1 heterocycles. The molecule has 3 aromatic rings. The van der Waals surface area contributed by atoms with Crippen LogP contribution in [0.1, 0.15) is 5.76 Å². The van der Waals surface area contributed by atoms with Crippen molar-refractivity contribution in [3.63, 3.8) is 0 Å². The van der Waals surface area contributed by atoms with Gasteiger partial charge in [-0.2, -0.15) is 5.10 Å². The fraction of sp³-hybridized carbons (Fsp3) is 0.100. The Balaban J connectivity index is 1.67. The number of nitrogens with zero attached hydrogens (tertiary/aromatic N) is 2. The van der Waals surface area contributed by atoms with Gasteiger partial charge >= 0.3 is 0 Å². The van der Waals surface area contributed by atoms with Crippen molar-refractivity contribution < 1.29 is 17.6 Å². The third-order valence-corrected chi connectivity index (χ3v) is 6.36. The summed E-state index contributed by atoms with van der Waals surface area (Å²) < 4.78 is 31.5. The number of para-hydroxylation sites is 1. The average Bonchev–Trinajstić information content (AvgIpc) is 3.14. The monoisotopic (exact) mass is 543 g/mol. The van der Waals surface area contributed by atoms with Crippen LogP contribution in [0.2, 0.25) is 10.0 Å². The van der Waals surface area contributed by atoms with E-state index in [2.05, 4.69) is 26.5 Å². The van der Waals surface area contributed by atoms with E-state index in [1.807, 2.05) is 0 Å². The highest BCUT2D eigenvalue weighted by molar-refractivity contribution is 9.10. The maximum absolute atomic E-state index is 12.3. The normalized spacial score (nSPS) is 11.6. The molecule has 0 atom stereocenters. The third-order valence-electron chi connectivity index (χ3n) is 4.01. The van der Waals surface area contributed by atoms with Crippen molar-refractivity contribution in [2.75, 3.05) is 17.1 Å². The summed E-state index contributed by atoms with van der Waals surface area (Å²) in [4.78, 5) is 12.3. The fourth-order valence-corrected chi connectivity index (χ4v) is 4.61. The molecule has 1 N–H and O–H groups in total. The first-order valence-electron chi connectivity index (χ1n) is 8.74. The molecule has 0 spiro atoms. The largest absolute Gasteiger partial charge is 0.455 e. The number of nitrogens with one attached hydrogen (secondary N) is 1. The highest BCUT2D eigenvalue weighted by atomic mass is 79.9.